The Balaban J connectivity index is 1.39. The Bertz CT molecular complexity index is 1790. The Morgan fingerprint density at radius 3 is 1.32 bits per heavy atom. The van der Waals surface area contributed by atoms with Gasteiger partial charge in [0.2, 0.25) is 0 Å². The monoisotopic (exact) mass is 533 g/mol. The first kappa shape index (κ1) is 26.0. The highest BCUT2D eigenvalue weighted by Crippen LogP contribution is 2.29. The summed E-state index contributed by atoms with van der Waals surface area (Å²) in [4.78, 5) is 4.98. The van der Waals surface area contributed by atoms with Gasteiger partial charge >= 0.3 is 0 Å². The summed E-state index contributed by atoms with van der Waals surface area (Å²) in [5, 5.41) is 10.1. The number of aryl methyl sites for hydroxylation is 1. The third-order valence-corrected chi connectivity index (χ3v) is 7.10. The molecule has 0 aliphatic rings. The SMILES string of the molecule is CC(=Nn1c(C)ccc1-c1ccccc1)c1cccc(C(C)=Nn2c(-c3ccccc3)ccc2-c2ccccc2)n1. The fraction of sp³-hybridized carbons (Fsp3) is 0.0833. The molecule has 6 rings (SSSR count). The molecule has 0 fully saturated rings. The van der Waals surface area contributed by atoms with Gasteiger partial charge in [0.05, 0.1) is 39.9 Å². The highest BCUT2D eigenvalue weighted by molar-refractivity contribution is 6.01. The smallest absolute Gasteiger partial charge is 0.0867 e. The molecule has 0 unspecified atom stereocenters. The Hall–Kier alpha value is -5.29. The van der Waals surface area contributed by atoms with E-state index in [0.717, 1.165) is 62.3 Å². The van der Waals surface area contributed by atoms with Crippen LogP contribution in [0.5, 0.6) is 0 Å². The van der Waals surface area contributed by atoms with Crippen molar-refractivity contribution >= 4 is 11.4 Å². The van der Waals surface area contributed by atoms with Crippen LogP contribution in [0.2, 0.25) is 0 Å². The lowest BCUT2D eigenvalue weighted by molar-refractivity contribution is 0.853. The quantitative estimate of drug-likeness (QED) is 0.190. The average Bonchev–Trinajstić information content (AvgIpc) is 3.61. The van der Waals surface area contributed by atoms with E-state index in [2.05, 4.69) is 67.6 Å². The van der Waals surface area contributed by atoms with Gasteiger partial charge in [-0.3, -0.25) is 0 Å². The number of aromatic nitrogens is 3. The van der Waals surface area contributed by atoms with Crippen LogP contribution in [-0.2, 0) is 0 Å². The molecule has 0 saturated heterocycles. The molecule has 3 aromatic carbocycles. The van der Waals surface area contributed by atoms with Gasteiger partial charge in [0.1, 0.15) is 0 Å². The van der Waals surface area contributed by atoms with Crippen molar-refractivity contribution in [3.63, 3.8) is 0 Å². The number of benzene rings is 3. The zero-order valence-electron chi connectivity index (χ0n) is 23.4. The molecule has 0 radical (unpaired) electrons. The van der Waals surface area contributed by atoms with Crippen molar-refractivity contribution in [1.29, 1.82) is 0 Å². The summed E-state index contributed by atoms with van der Waals surface area (Å²) in [6.45, 7) is 6.07. The standard InChI is InChI=1S/C36H31N5/c1-26-22-23-34(29-14-7-4-8-15-29)40(26)38-27(2)32-20-13-21-33(37-32)28(3)39-41-35(30-16-9-5-10-17-30)24-25-36(41)31-18-11-6-12-19-31/h4-25H,1-3H3. The first-order chi connectivity index (χ1) is 20.1. The van der Waals surface area contributed by atoms with Gasteiger partial charge < -0.3 is 0 Å². The molecule has 200 valence electrons. The van der Waals surface area contributed by atoms with Crippen LogP contribution in [0.4, 0.5) is 0 Å². The van der Waals surface area contributed by atoms with E-state index in [1.807, 2.05) is 96.0 Å². The van der Waals surface area contributed by atoms with E-state index >= 15 is 0 Å². The lowest BCUT2D eigenvalue weighted by Crippen LogP contribution is -2.09. The molecule has 41 heavy (non-hydrogen) atoms. The van der Waals surface area contributed by atoms with Crippen LogP contribution in [0, 0.1) is 6.92 Å². The van der Waals surface area contributed by atoms with Crippen molar-refractivity contribution in [1.82, 2.24) is 14.3 Å². The molecule has 0 amide bonds. The lowest BCUT2D eigenvalue weighted by atomic mass is 10.1. The number of rotatable bonds is 7. The predicted octanol–water partition coefficient (Wildman–Crippen LogP) is 8.54. The largest absolute Gasteiger partial charge is 0.245 e. The van der Waals surface area contributed by atoms with E-state index < -0.39 is 0 Å². The summed E-state index contributed by atoms with van der Waals surface area (Å²) in [6.07, 6.45) is 0. The van der Waals surface area contributed by atoms with Crippen LogP contribution in [0.15, 0.2) is 144 Å². The summed E-state index contributed by atoms with van der Waals surface area (Å²) in [5.41, 5.74) is 10.7. The van der Waals surface area contributed by atoms with Gasteiger partial charge in [-0.15, -0.1) is 0 Å². The normalized spacial score (nSPS) is 12.1. The molecular weight excluding hydrogens is 502 g/mol. The van der Waals surface area contributed by atoms with Gasteiger partial charge in [-0.2, -0.15) is 10.2 Å². The minimum atomic E-state index is 0.802. The maximum absolute atomic E-state index is 5.11. The van der Waals surface area contributed by atoms with Gasteiger partial charge in [0.25, 0.3) is 0 Å². The molecule has 3 heterocycles. The van der Waals surface area contributed by atoms with Gasteiger partial charge in [-0.25, -0.2) is 14.3 Å². The van der Waals surface area contributed by atoms with E-state index in [4.69, 9.17) is 15.2 Å². The summed E-state index contributed by atoms with van der Waals surface area (Å²) in [6, 6.07) is 45.5. The second-order valence-electron chi connectivity index (χ2n) is 9.96. The zero-order valence-corrected chi connectivity index (χ0v) is 23.4. The van der Waals surface area contributed by atoms with Gasteiger partial charge in [-0.1, -0.05) is 97.1 Å². The van der Waals surface area contributed by atoms with Crippen molar-refractivity contribution in [2.24, 2.45) is 10.2 Å². The third-order valence-electron chi connectivity index (χ3n) is 7.10. The molecule has 0 N–H and O–H groups in total. The minimum Gasteiger partial charge on any atom is -0.245 e. The van der Waals surface area contributed by atoms with Crippen molar-refractivity contribution in [2.75, 3.05) is 0 Å². The Morgan fingerprint density at radius 1 is 0.463 bits per heavy atom. The number of pyridine rings is 1. The van der Waals surface area contributed by atoms with Crippen molar-refractivity contribution in [3.05, 3.63) is 151 Å². The zero-order chi connectivity index (χ0) is 28.2. The fourth-order valence-corrected chi connectivity index (χ4v) is 4.92. The molecule has 0 bridgehead atoms. The summed E-state index contributed by atoms with van der Waals surface area (Å²) in [7, 11) is 0. The number of hydrogen-bond acceptors (Lipinski definition) is 3. The highest BCUT2D eigenvalue weighted by Gasteiger charge is 2.14. The molecular formula is C36H31N5. The van der Waals surface area contributed by atoms with Crippen molar-refractivity contribution in [3.8, 4) is 33.8 Å². The molecule has 6 aromatic rings. The van der Waals surface area contributed by atoms with Crippen molar-refractivity contribution < 1.29 is 0 Å². The first-order valence-electron chi connectivity index (χ1n) is 13.7. The minimum absolute atomic E-state index is 0.802. The number of nitrogens with zero attached hydrogens (tertiary/aromatic N) is 5. The maximum atomic E-state index is 5.11. The summed E-state index contributed by atoms with van der Waals surface area (Å²) < 4.78 is 4.00. The highest BCUT2D eigenvalue weighted by atomic mass is 15.4. The molecule has 0 atom stereocenters. The van der Waals surface area contributed by atoms with Crippen molar-refractivity contribution in [2.45, 2.75) is 20.8 Å². The molecule has 5 heteroatoms. The van der Waals surface area contributed by atoms with Gasteiger partial charge in [0, 0.05) is 22.4 Å². The Labute approximate surface area is 240 Å². The summed E-state index contributed by atoms with van der Waals surface area (Å²) in [5.74, 6) is 0. The van der Waals surface area contributed by atoms with E-state index in [-0.39, 0.29) is 0 Å². The van der Waals surface area contributed by atoms with Crippen LogP contribution < -0.4 is 0 Å². The molecule has 0 saturated carbocycles. The summed E-state index contributed by atoms with van der Waals surface area (Å²) >= 11 is 0. The van der Waals surface area contributed by atoms with Gasteiger partial charge in [-0.05, 0) is 57.2 Å². The molecule has 3 aromatic heterocycles. The molecule has 0 aliphatic heterocycles. The average molecular weight is 534 g/mol. The Kier molecular flexibility index (Phi) is 7.25. The maximum Gasteiger partial charge on any atom is 0.0867 e. The lowest BCUT2D eigenvalue weighted by Gasteiger charge is -2.11. The van der Waals surface area contributed by atoms with Crippen LogP contribution in [0.3, 0.4) is 0 Å². The molecule has 0 spiro atoms. The predicted molar refractivity (Wildman–Crippen MR) is 169 cm³/mol. The van der Waals surface area contributed by atoms with Crippen LogP contribution in [-0.4, -0.2) is 25.8 Å². The number of hydrogen-bond donors (Lipinski definition) is 0. The van der Waals surface area contributed by atoms with Crippen LogP contribution in [0.1, 0.15) is 30.9 Å². The fourth-order valence-electron chi connectivity index (χ4n) is 4.92. The first-order valence-corrected chi connectivity index (χ1v) is 13.7. The molecule has 0 aliphatic carbocycles. The second-order valence-corrected chi connectivity index (χ2v) is 9.96. The second kappa shape index (κ2) is 11.4. The van der Waals surface area contributed by atoms with E-state index in [9.17, 15) is 0 Å². The van der Waals surface area contributed by atoms with E-state index in [1.165, 1.54) is 0 Å². The third kappa shape index (κ3) is 5.43. The van der Waals surface area contributed by atoms with E-state index in [1.54, 1.807) is 0 Å². The van der Waals surface area contributed by atoms with Crippen LogP contribution in [0.25, 0.3) is 33.8 Å². The molecule has 5 nitrogen and oxygen atoms in total. The Morgan fingerprint density at radius 2 is 0.854 bits per heavy atom. The topological polar surface area (TPSA) is 47.5 Å². The van der Waals surface area contributed by atoms with Crippen LogP contribution >= 0.6 is 0 Å². The van der Waals surface area contributed by atoms with Gasteiger partial charge in [0.15, 0.2) is 0 Å². The van der Waals surface area contributed by atoms with E-state index in [0.29, 0.717) is 0 Å².